The lowest BCUT2D eigenvalue weighted by molar-refractivity contribution is 0.0953. The van der Waals surface area contributed by atoms with E-state index in [2.05, 4.69) is 10.7 Å². The molecule has 1 aromatic rings. The third kappa shape index (κ3) is 3.96. The summed E-state index contributed by atoms with van der Waals surface area (Å²) in [5, 5.41) is 2.96. The van der Waals surface area contributed by atoms with Crippen molar-refractivity contribution >= 4 is 11.6 Å². The summed E-state index contributed by atoms with van der Waals surface area (Å²) in [7, 11) is 0. The van der Waals surface area contributed by atoms with Crippen molar-refractivity contribution in [3.05, 3.63) is 29.8 Å². The molecule has 0 unspecified atom stereocenters. The fourth-order valence-corrected chi connectivity index (χ4v) is 2.79. The summed E-state index contributed by atoms with van der Waals surface area (Å²) in [6, 6.07) is 7.27. The first-order valence-electron chi connectivity index (χ1n) is 7.15. The van der Waals surface area contributed by atoms with Crippen LogP contribution in [0.25, 0.3) is 0 Å². The number of hydrogen-bond acceptors (Lipinski definition) is 3. The molecule has 1 aromatic carbocycles. The van der Waals surface area contributed by atoms with Crippen LogP contribution < -0.4 is 16.6 Å². The Hall–Kier alpha value is -1.55. The number of benzene rings is 1. The Kier molecular flexibility index (Phi) is 5.21. The SMILES string of the molecule is NNc1ccccc1C(=O)NCCCC1CCCC1. The lowest BCUT2D eigenvalue weighted by Crippen LogP contribution is -2.26. The molecule has 4 N–H and O–H groups in total. The van der Waals surface area contributed by atoms with E-state index in [1.54, 1.807) is 12.1 Å². The van der Waals surface area contributed by atoms with E-state index in [4.69, 9.17) is 5.84 Å². The Morgan fingerprint density at radius 2 is 2.00 bits per heavy atom. The smallest absolute Gasteiger partial charge is 0.253 e. The predicted molar refractivity (Wildman–Crippen MR) is 77.8 cm³/mol. The molecule has 4 heteroatoms. The van der Waals surface area contributed by atoms with Gasteiger partial charge in [-0.15, -0.1) is 0 Å². The van der Waals surface area contributed by atoms with E-state index in [0.717, 1.165) is 18.9 Å². The first kappa shape index (κ1) is 13.9. The van der Waals surface area contributed by atoms with Crippen molar-refractivity contribution in [3.8, 4) is 0 Å². The van der Waals surface area contributed by atoms with E-state index in [9.17, 15) is 4.79 Å². The number of carbonyl (C=O) groups is 1. The van der Waals surface area contributed by atoms with Crippen LogP contribution in [0.3, 0.4) is 0 Å². The maximum Gasteiger partial charge on any atom is 0.253 e. The largest absolute Gasteiger partial charge is 0.352 e. The molecule has 1 aliphatic rings. The minimum Gasteiger partial charge on any atom is -0.352 e. The average Bonchev–Trinajstić information content (AvgIpc) is 2.96. The molecule has 0 saturated heterocycles. The number of nitrogen functional groups attached to an aromatic ring is 1. The van der Waals surface area contributed by atoms with Gasteiger partial charge in [0.05, 0.1) is 11.3 Å². The van der Waals surface area contributed by atoms with E-state index in [0.29, 0.717) is 11.3 Å². The van der Waals surface area contributed by atoms with Crippen LogP contribution in [-0.4, -0.2) is 12.5 Å². The normalized spacial score (nSPS) is 15.4. The van der Waals surface area contributed by atoms with Crippen LogP contribution in [0.2, 0.25) is 0 Å². The highest BCUT2D eigenvalue weighted by molar-refractivity contribution is 5.99. The van der Waals surface area contributed by atoms with Gasteiger partial charge in [-0.1, -0.05) is 37.8 Å². The van der Waals surface area contributed by atoms with Gasteiger partial charge in [0, 0.05) is 6.54 Å². The van der Waals surface area contributed by atoms with Crippen molar-refractivity contribution < 1.29 is 4.79 Å². The number of amides is 1. The van der Waals surface area contributed by atoms with Crippen molar-refractivity contribution in [1.29, 1.82) is 0 Å². The topological polar surface area (TPSA) is 67.1 Å². The van der Waals surface area contributed by atoms with Crippen molar-refractivity contribution in [3.63, 3.8) is 0 Å². The van der Waals surface area contributed by atoms with Gasteiger partial charge in [-0.05, 0) is 30.9 Å². The van der Waals surface area contributed by atoms with Crippen molar-refractivity contribution in [2.75, 3.05) is 12.0 Å². The number of hydrogen-bond donors (Lipinski definition) is 3. The Morgan fingerprint density at radius 1 is 1.26 bits per heavy atom. The van der Waals surface area contributed by atoms with Crippen LogP contribution in [-0.2, 0) is 0 Å². The average molecular weight is 261 g/mol. The summed E-state index contributed by atoms with van der Waals surface area (Å²) < 4.78 is 0. The van der Waals surface area contributed by atoms with Crippen LogP contribution in [0.1, 0.15) is 48.9 Å². The van der Waals surface area contributed by atoms with E-state index < -0.39 is 0 Å². The number of nitrogens with one attached hydrogen (secondary N) is 2. The second-order valence-corrected chi connectivity index (χ2v) is 5.24. The quantitative estimate of drug-likeness (QED) is 0.419. The zero-order chi connectivity index (χ0) is 13.5. The molecular weight excluding hydrogens is 238 g/mol. The van der Waals surface area contributed by atoms with Gasteiger partial charge in [0.25, 0.3) is 5.91 Å². The summed E-state index contributed by atoms with van der Waals surface area (Å²) in [5.74, 6) is 6.22. The molecule has 0 heterocycles. The molecule has 0 radical (unpaired) electrons. The minimum atomic E-state index is -0.0556. The number of anilines is 1. The molecular formula is C15H23N3O. The summed E-state index contributed by atoms with van der Waals surface area (Å²) in [4.78, 5) is 12.0. The minimum absolute atomic E-state index is 0.0556. The highest BCUT2D eigenvalue weighted by atomic mass is 16.1. The van der Waals surface area contributed by atoms with Crippen molar-refractivity contribution in [2.24, 2.45) is 11.8 Å². The monoisotopic (exact) mass is 261 g/mol. The number of hydrazine groups is 1. The summed E-state index contributed by atoms with van der Waals surface area (Å²) in [6.45, 7) is 0.744. The van der Waals surface area contributed by atoms with Gasteiger partial charge in [-0.25, -0.2) is 0 Å². The molecule has 0 atom stereocenters. The molecule has 0 spiro atoms. The predicted octanol–water partition coefficient (Wildman–Crippen LogP) is 2.67. The zero-order valence-electron chi connectivity index (χ0n) is 11.3. The Bertz CT molecular complexity index is 414. The van der Waals surface area contributed by atoms with Crippen LogP contribution in [0.5, 0.6) is 0 Å². The van der Waals surface area contributed by atoms with E-state index in [-0.39, 0.29) is 5.91 Å². The first-order valence-corrected chi connectivity index (χ1v) is 7.15. The Balaban J connectivity index is 1.74. The van der Waals surface area contributed by atoms with Crippen LogP contribution in [0, 0.1) is 5.92 Å². The first-order chi connectivity index (χ1) is 9.31. The number of para-hydroxylation sites is 1. The lowest BCUT2D eigenvalue weighted by atomic mass is 10.0. The molecule has 2 rings (SSSR count). The summed E-state index contributed by atoms with van der Waals surface area (Å²) in [5.41, 5.74) is 3.82. The van der Waals surface area contributed by atoms with Crippen LogP contribution >= 0.6 is 0 Å². The highest BCUT2D eigenvalue weighted by Crippen LogP contribution is 2.28. The van der Waals surface area contributed by atoms with Gasteiger partial charge in [-0.3, -0.25) is 10.6 Å². The fourth-order valence-electron chi connectivity index (χ4n) is 2.79. The van der Waals surface area contributed by atoms with Gasteiger partial charge in [-0.2, -0.15) is 0 Å². The molecule has 19 heavy (non-hydrogen) atoms. The van der Waals surface area contributed by atoms with E-state index in [1.807, 2.05) is 12.1 Å². The van der Waals surface area contributed by atoms with Crippen molar-refractivity contribution in [1.82, 2.24) is 5.32 Å². The van der Waals surface area contributed by atoms with E-state index in [1.165, 1.54) is 32.1 Å². The molecule has 0 aromatic heterocycles. The number of carbonyl (C=O) groups excluding carboxylic acids is 1. The lowest BCUT2D eigenvalue weighted by Gasteiger charge is -2.11. The van der Waals surface area contributed by atoms with Gasteiger partial charge in [0.15, 0.2) is 0 Å². The van der Waals surface area contributed by atoms with Crippen LogP contribution in [0.4, 0.5) is 5.69 Å². The number of rotatable bonds is 6. The molecule has 0 bridgehead atoms. The highest BCUT2D eigenvalue weighted by Gasteiger charge is 2.14. The molecule has 0 aliphatic heterocycles. The van der Waals surface area contributed by atoms with Gasteiger partial charge in [0.1, 0.15) is 0 Å². The molecule has 1 amide bonds. The van der Waals surface area contributed by atoms with Crippen molar-refractivity contribution in [2.45, 2.75) is 38.5 Å². The molecule has 1 saturated carbocycles. The van der Waals surface area contributed by atoms with Gasteiger partial charge < -0.3 is 10.7 Å². The Morgan fingerprint density at radius 3 is 2.74 bits per heavy atom. The molecule has 1 fully saturated rings. The second-order valence-electron chi connectivity index (χ2n) is 5.24. The maximum atomic E-state index is 12.0. The second kappa shape index (κ2) is 7.14. The summed E-state index contributed by atoms with van der Waals surface area (Å²) in [6.07, 6.45) is 7.80. The fraction of sp³-hybridized carbons (Fsp3) is 0.533. The third-order valence-corrected chi connectivity index (χ3v) is 3.88. The van der Waals surface area contributed by atoms with Gasteiger partial charge in [0.2, 0.25) is 0 Å². The molecule has 104 valence electrons. The zero-order valence-corrected chi connectivity index (χ0v) is 11.3. The number of nitrogens with two attached hydrogens (primary N) is 1. The third-order valence-electron chi connectivity index (χ3n) is 3.88. The Labute approximate surface area is 114 Å². The van der Waals surface area contributed by atoms with Crippen LogP contribution in [0.15, 0.2) is 24.3 Å². The summed E-state index contributed by atoms with van der Waals surface area (Å²) >= 11 is 0. The molecule has 1 aliphatic carbocycles. The maximum absolute atomic E-state index is 12.0. The van der Waals surface area contributed by atoms with Gasteiger partial charge >= 0.3 is 0 Å². The molecule has 4 nitrogen and oxygen atoms in total. The van der Waals surface area contributed by atoms with E-state index >= 15 is 0 Å². The standard InChI is InChI=1S/C15H23N3O/c16-18-14-10-4-3-9-13(14)15(19)17-11-5-8-12-6-1-2-7-12/h3-4,9-10,12,18H,1-2,5-8,11,16H2,(H,17,19).